The van der Waals surface area contributed by atoms with Gasteiger partial charge in [0, 0.05) is 30.4 Å². The van der Waals surface area contributed by atoms with Crippen LogP contribution in [0.15, 0.2) is 55.1 Å². The van der Waals surface area contributed by atoms with Crippen molar-refractivity contribution in [1.29, 1.82) is 0 Å². The Hall–Kier alpha value is -2.62. The molecule has 0 fully saturated rings. The number of pyridine rings is 1. The van der Waals surface area contributed by atoms with Crippen LogP contribution in [0.25, 0.3) is 11.4 Å². The van der Waals surface area contributed by atoms with Gasteiger partial charge in [-0.15, -0.1) is 0 Å². The average Bonchev–Trinajstić information content (AvgIpc) is 3.05. The molecule has 0 saturated heterocycles. The maximum absolute atomic E-state index is 6.08. The van der Waals surface area contributed by atoms with E-state index in [-0.39, 0.29) is 6.04 Å². The molecule has 0 radical (unpaired) electrons. The lowest BCUT2D eigenvalue weighted by molar-refractivity contribution is 0.258. The average molecular weight is 307 g/mol. The minimum absolute atomic E-state index is 0.173. The summed E-state index contributed by atoms with van der Waals surface area (Å²) in [5, 5.41) is 0. The van der Waals surface area contributed by atoms with E-state index in [2.05, 4.69) is 53.5 Å². The molecule has 0 aliphatic heterocycles. The van der Waals surface area contributed by atoms with Gasteiger partial charge in [0.25, 0.3) is 0 Å². The highest BCUT2D eigenvalue weighted by Crippen LogP contribution is 2.25. The van der Waals surface area contributed by atoms with E-state index in [0.29, 0.717) is 6.61 Å². The Morgan fingerprint density at radius 3 is 2.57 bits per heavy atom. The SMILES string of the molecule is Cc1cccc(C)c1OC[C@@H](C)n1ccnc1-c1cccnc1. The molecule has 0 unspecified atom stereocenters. The van der Waals surface area contributed by atoms with E-state index in [9.17, 15) is 0 Å². The molecule has 4 nitrogen and oxygen atoms in total. The van der Waals surface area contributed by atoms with Gasteiger partial charge in [0.2, 0.25) is 0 Å². The van der Waals surface area contributed by atoms with Crippen LogP contribution in [0.2, 0.25) is 0 Å². The smallest absolute Gasteiger partial charge is 0.141 e. The second-order valence-electron chi connectivity index (χ2n) is 5.78. The van der Waals surface area contributed by atoms with Crippen LogP contribution in [0.1, 0.15) is 24.1 Å². The number of imidazole rings is 1. The fourth-order valence-corrected chi connectivity index (χ4v) is 2.70. The fraction of sp³-hybridized carbons (Fsp3) is 0.263. The lowest BCUT2D eigenvalue weighted by Crippen LogP contribution is -2.15. The Bertz CT molecular complexity index is 760. The minimum atomic E-state index is 0.173. The van der Waals surface area contributed by atoms with Gasteiger partial charge in [-0.2, -0.15) is 0 Å². The Labute approximate surface area is 136 Å². The maximum Gasteiger partial charge on any atom is 0.141 e. The zero-order valence-electron chi connectivity index (χ0n) is 13.7. The van der Waals surface area contributed by atoms with E-state index in [1.54, 1.807) is 6.20 Å². The van der Waals surface area contributed by atoms with Gasteiger partial charge in [-0.1, -0.05) is 18.2 Å². The van der Waals surface area contributed by atoms with Crippen molar-refractivity contribution in [3.8, 4) is 17.1 Å². The molecule has 2 heterocycles. The van der Waals surface area contributed by atoms with Crippen molar-refractivity contribution in [3.05, 3.63) is 66.2 Å². The molecule has 0 spiro atoms. The number of nitrogens with zero attached hydrogens (tertiary/aromatic N) is 3. The molecule has 3 aromatic rings. The van der Waals surface area contributed by atoms with Crippen LogP contribution in [0, 0.1) is 13.8 Å². The zero-order valence-corrected chi connectivity index (χ0v) is 13.7. The summed E-state index contributed by atoms with van der Waals surface area (Å²) in [5.74, 6) is 1.89. The first kappa shape index (κ1) is 15.3. The molecule has 4 heteroatoms. The van der Waals surface area contributed by atoms with Gasteiger partial charge in [-0.3, -0.25) is 4.98 Å². The molecule has 2 aromatic heterocycles. The molecular weight excluding hydrogens is 286 g/mol. The van der Waals surface area contributed by atoms with E-state index in [4.69, 9.17) is 4.74 Å². The molecule has 118 valence electrons. The number of ether oxygens (including phenoxy) is 1. The molecular formula is C19H21N3O. The van der Waals surface area contributed by atoms with Crippen molar-refractivity contribution < 1.29 is 4.74 Å². The number of para-hydroxylation sites is 1. The van der Waals surface area contributed by atoms with Crippen molar-refractivity contribution in [1.82, 2.24) is 14.5 Å². The first-order valence-electron chi connectivity index (χ1n) is 7.79. The van der Waals surface area contributed by atoms with Crippen LogP contribution in [-0.4, -0.2) is 21.1 Å². The molecule has 0 N–H and O–H groups in total. The van der Waals surface area contributed by atoms with Crippen LogP contribution in [0.4, 0.5) is 0 Å². The summed E-state index contributed by atoms with van der Waals surface area (Å²) in [5.41, 5.74) is 3.34. The normalized spacial score (nSPS) is 12.1. The second-order valence-corrected chi connectivity index (χ2v) is 5.78. The third kappa shape index (κ3) is 3.26. The topological polar surface area (TPSA) is 39.9 Å². The molecule has 0 saturated carbocycles. The molecule has 1 aromatic carbocycles. The van der Waals surface area contributed by atoms with Gasteiger partial charge in [0.05, 0.1) is 6.04 Å². The Morgan fingerprint density at radius 1 is 1.09 bits per heavy atom. The molecule has 0 bridgehead atoms. The van der Waals surface area contributed by atoms with Crippen LogP contribution in [-0.2, 0) is 0 Å². The van der Waals surface area contributed by atoms with Crippen molar-refractivity contribution in [2.24, 2.45) is 0 Å². The summed E-state index contributed by atoms with van der Waals surface area (Å²) < 4.78 is 8.21. The maximum atomic E-state index is 6.08. The quantitative estimate of drug-likeness (QED) is 0.709. The third-order valence-electron chi connectivity index (χ3n) is 3.94. The largest absolute Gasteiger partial charge is 0.491 e. The first-order chi connectivity index (χ1) is 11.2. The summed E-state index contributed by atoms with van der Waals surface area (Å²) in [4.78, 5) is 8.64. The van der Waals surface area contributed by atoms with Gasteiger partial charge in [0.1, 0.15) is 18.2 Å². The van der Waals surface area contributed by atoms with Crippen LogP contribution >= 0.6 is 0 Å². The Balaban J connectivity index is 1.77. The summed E-state index contributed by atoms with van der Waals surface area (Å²) >= 11 is 0. The van der Waals surface area contributed by atoms with Crippen LogP contribution in [0.3, 0.4) is 0 Å². The second kappa shape index (κ2) is 6.65. The van der Waals surface area contributed by atoms with Crippen LogP contribution in [0.5, 0.6) is 5.75 Å². The van der Waals surface area contributed by atoms with E-state index in [1.807, 2.05) is 30.7 Å². The van der Waals surface area contributed by atoms with Gasteiger partial charge >= 0.3 is 0 Å². The van der Waals surface area contributed by atoms with Crippen molar-refractivity contribution in [3.63, 3.8) is 0 Å². The van der Waals surface area contributed by atoms with Gasteiger partial charge in [-0.05, 0) is 44.0 Å². The standard InChI is InChI=1S/C19H21N3O/c1-14-6-4-7-15(2)18(14)23-13-16(3)22-11-10-21-19(22)17-8-5-9-20-12-17/h4-12,16H,13H2,1-3H3/t16-/m1/s1. The van der Waals surface area contributed by atoms with Crippen molar-refractivity contribution >= 4 is 0 Å². The first-order valence-corrected chi connectivity index (χ1v) is 7.79. The lowest BCUT2D eigenvalue weighted by atomic mass is 10.1. The number of hydrogen-bond acceptors (Lipinski definition) is 3. The van der Waals surface area contributed by atoms with Crippen molar-refractivity contribution in [2.45, 2.75) is 26.8 Å². The monoisotopic (exact) mass is 307 g/mol. The predicted molar refractivity (Wildman–Crippen MR) is 91.6 cm³/mol. The van der Waals surface area contributed by atoms with E-state index < -0.39 is 0 Å². The van der Waals surface area contributed by atoms with E-state index in [0.717, 1.165) is 28.3 Å². The van der Waals surface area contributed by atoms with E-state index >= 15 is 0 Å². The Kier molecular flexibility index (Phi) is 4.42. The summed E-state index contributed by atoms with van der Waals surface area (Å²) in [6, 6.07) is 10.3. The minimum Gasteiger partial charge on any atom is -0.491 e. The molecule has 23 heavy (non-hydrogen) atoms. The summed E-state index contributed by atoms with van der Waals surface area (Å²) in [6.45, 7) is 6.88. The molecule has 0 aliphatic rings. The number of aryl methyl sites for hydroxylation is 2. The number of aromatic nitrogens is 3. The zero-order chi connectivity index (χ0) is 16.2. The highest BCUT2D eigenvalue weighted by atomic mass is 16.5. The highest BCUT2D eigenvalue weighted by molar-refractivity contribution is 5.53. The van der Waals surface area contributed by atoms with Gasteiger partial charge in [0.15, 0.2) is 0 Å². The Morgan fingerprint density at radius 2 is 1.87 bits per heavy atom. The molecule has 0 amide bonds. The predicted octanol–water partition coefficient (Wildman–Crippen LogP) is 4.20. The van der Waals surface area contributed by atoms with Crippen molar-refractivity contribution in [2.75, 3.05) is 6.61 Å². The summed E-state index contributed by atoms with van der Waals surface area (Å²) in [6.07, 6.45) is 7.40. The highest BCUT2D eigenvalue weighted by Gasteiger charge is 2.13. The van der Waals surface area contributed by atoms with E-state index in [1.165, 1.54) is 0 Å². The lowest BCUT2D eigenvalue weighted by Gasteiger charge is -2.19. The van der Waals surface area contributed by atoms with Crippen LogP contribution < -0.4 is 4.74 Å². The molecule has 0 aliphatic carbocycles. The number of benzene rings is 1. The third-order valence-corrected chi connectivity index (χ3v) is 3.94. The summed E-state index contributed by atoms with van der Waals surface area (Å²) in [7, 11) is 0. The number of hydrogen-bond donors (Lipinski definition) is 0. The van der Waals surface area contributed by atoms with Gasteiger partial charge in [-0.25, -0.2) is 4.98 Å². The molecule has 1 atom stereocenters. The molecule has 3 rings (SSSR count). The number of rotatable bonds is 5. The van der Waals surface area contributed by atoms with Gasteiger partial charge < -0.3 is 9.30 Å². The fourth-order valence-electron chi connectivity index (χ4n) is 2.70.